The van der Waals surface area contributed by atoms with E-state index in [0.717, 1.165) is 12.8 Å². The van der Waals surface area contributed by atoms with Gasteiger partial charge in [0.05, 0.1) is 11.4 Å². The second-order valence-corrected chi connectivity index (χ2v) is 8.52. The fourth-order valence-electron chi connectivity index (χ4n) is 2.85. The lowest BCUT2D eigenvalue weighted by Crippen LogP contribution is -2.37. The molecule has 26 heavy (non-hydrogen) atoms. The molecule has 0 aliphatic carbocycles. The largest absolute Gasteiger partial charge is 0.358 e. The highest BCUT2D eigenvalue weighted by atomic mass is 32.2. The lowest BCUT2D eigenvalue weighted by Gasteiger charge is -2.29. The highest BCUT2D eigenvalue weighted by Crippen LogP contribution is 2.23. The molecule has 2 aromatic rings. The first-order chi connectivity index (χ1) is 12.4. The average molecular weight is 378 g/mol. The third kappa shape index (κ3) is 3.94. The van der Waals surface area contributed by atoms with Crippen molar-refractivity contribution in [2.45, 2.75) is 31.6 Å². The molecule has 0 unspecified atom stereocenters. The lowest BCUT2D eigenvalue weighted by atomic mass is 10.0. The monoisotopic (exact) mass is 378 g/mol. The summed E-state index contributed by atoms with van der Waals surface area (Å²) in [4.78, 5) is 12.5. The van der Waals surface area contributed by atoms with Crippen LogP contribution < -0.4 is 5.32 Å². The van der Waals surface area contributed by atoms with Gasteiger partial charge in [-0.25, -0.2) is 13.0 Å². The van der Waals surface area contributed by atoms with Gasteiger partial charge in [0.2, 0.25) is 10.0 Å². The average Bonchev–Trinajstić information content (AvgIpc) is 3.05. The number of benzene rings is 1. The van der Waals surface area contributed by atoms with Gasteiger partial charge in [-0.05, 0) is 55.1 Å². The molecule has 3 rings (SSSR count). The van der Waals surface area contributed by atoms with E-state index in [2.05, 4.69) is 27.2 Å². The third-order valence-corrected chi connectivity index (χ3v) is 6.54. The van der Waals surface area contributed by atoms with Gasteiger partial charge in [0.25, 0.3) is 0 Å². The second kappa shape index (κ2) is 7.55. The highest BCUT2D eigenvalue weighted by molar-refractivity contribution is 7.89. The second-order valence-electron chi connectivity index (χ2n) is 6.59. The number of ketones is 1. The number of sulfonamides is 1. The Morgan fingerprint density at radius 2 is 1.88 bits per heavy atom. The molecule has 0 bridgehead atoms. The molecule has 1 aromatic carbocycles. The summed E-state index contributed by atoms with van der Waals surface area (Å²) in [5.41, 5.74) is 0.993. The molecular formula is C17H22N4O4S. The number of hydrogen-bond donors (Lipinski definition) is 1. The maximum atomic E-state index is 12.7. The van der Waals surface area contributed by atoms with Crippen molar-refractivity contribution in [2.24, 2.45) is 5.92 Å². The topological polar surface area (TPSA) is 105 Å². The molecule has 1 aromatic heterocycles. The SMILES string of the molecule is Cc1nonc1NCC(=O)c1ccc(S(=O)(=O)N2CCC(C)CC2)cc1. The summed E-state index contributed by atoms with van der Waals surface area (Å²) in [6.07, 6.45) is 1.75. The number of piperidine rings is 1. The summed E-state index contributed by atoms with van der Waals surface area (Å²) in [5, 5.41) is 10.1. The number of rotatable bonds is 6. The van der Waals surface area contributed by atoms with E-state index in [-0.39, 0.29) is 17.2 Å². The molecule has 9 heteroatoms. The van der Waals surface area contributed by atoms with E-state index in [0.29, 0.717) is 36.1 Å². The summed E-state index contributed by atoms with van der Waals surface area (Å²) >= 11 is 0. The van der Waals surface area contributed by atoms with Gasteiger partial charge in [-0.2, -0.15) is 4.31 Å². The molecule has 0 atom stereocenters. The zero-order valence-corrected chi connectivity index (χ0v) is 15.6. The molecule has 1 saturated heterocycles. The van der Waals surface area contributed by atoms with E-state index >= 15 is 0 Å². The first-order valence-corrected chi connectivity index (χ1v) is 9.98. The number of anilines is 1. The number of carbonyl (C=O) groups is 1. The zero-order chi connectivity index (χ0) is 18.7. The molecule has 1 aliphatic heterocycles. The van der Waals surface area contributed by atoms with E-state index in [4.69, 9.17) is 0 Å². The van der Waals surface area contributed by atoms with Gasteiger partial charge in [0.1, 0.15) is 5.69 Å². The summed E-state index contributed by atoms with van der Waals surface area (Å²) < 4.78 is 31.5. The van der Waals surface area contributed by atoms with Gasteiger partial charge in [-0.15, -0.1) is 0 Å². The predicted octanol–water partition coefficient (Wildman–Crippen LogP) is 2.09. The third-order valence-electron chi connectivity index (χ3n) is 4.63. The first kappa shape index (κ1) is 18.5. The van der Waals surface area contributed by atoms with Crippen LogP contribution in [0.25, 0.3) is 0 Å². The van der Waals surface area contributed by atoms with Crippen molar-refractivity contribution in [3.05, 3.63) is 35.5 Å². The highest BCUT2D eigenvalue weighted by Gasteiger charge is 2.28. The Bertz CT molecular complexity index is 868. The molecule has 1 fully saturated rings. The Morgan fingerprint density at radius 3 is 2.46 bits per heavy atom. The standard InChI is InChI=1S/C17H22N4O4S/c1-12-7-9-21(10-8-12)26(23,24)15-5-3-14(4-6-15)16(22)11-18-17-13(2)19-25-20-17/h3-6,12H,7-11H2,1-2H3,(H,18,20). The summed E-state index contributed by atoms with van der Waals surface area (Å²) in [7, 11) is -3.51. The van der Waals surface area contributed by atoms with E-state index < -0.39 is 10.0 Å². The fraction of sp³-hybridized carbons (Fsp3) is 0.471. The maximum Gasteiger partial charge on any atom is 0.243 e. The van der Waals surface area contributed by atoms with Gasteiger partial charge in [-0.1, -0.05) is 12.1 Å². The van der Waals surface area contributed by atoms with Crippen molar-refractivity contribution in [3.63, 3.8) is 0 Å². The smallest absolute Gasteiger partial charge is 0.243 e. The quantitative estimate of drug-likeness (QED) is 0.767. The van der Waals surface area contributed by atoms with Crippen LogP contribution in [0.2, 0.25) is 0 Å². The number of nitrogens with one attached hydrogen (secondary N) is 1. The number of aryl methyl sites for hydroxylation is 1. The van der Waals surface area contributed by atoms with Crippen molar-refractivity contribution in [1.82, 2.24) is 14.6 Å². The summed E-state index contributed by atoms with van der Waals surface area (Å²) in [6, 6.07) is 6.06. The molecule has 0 radical (unpaired) electrons. The molecule has 0 amide bonds. The van der Waals surface area contributed by atoms with Crippen molar-refractivity contribution in [2.75, 3.05) is 25.0 Å². The van der Waals surface area contributed by atoms with Crippen LogP contribution in [0.4, 0.5) is 5.82 Å². The van der Waals surface area contributed by atoms with Gasteiger partial charge < -0.3 is 5.32 Å². The van der Waals surface area contributed by atoms with Crippen LogP contribution in [0.1, 0.15) is 35.8 Å². The van der Waals surface area contributed by atoms with Crippen LogP contribution in [0.15, 0.2) is 33.8 Å². The number of aromatic nitrogens is 2. The lowest BCUT2D eigenvalue weighted by molar-refractivity contribution is 0.101. The van der Waals surface area contributed by atoms with E-state index in [1.54, 1.807) is 6.92 Å². The van der Waals surface area contributed by atoms with Crippen molar-refractivity contribution in [3.8, 4) is 0 Å². The van der Waals surface area contributed by atoms with Gasteiger partial charge in [0.15, 0.2) is 11.6 Å². The molecule has 0 spiro atoms. The Kier molecular flexibility index (Phi) is 5.38. The molecule has 140 valence electrons. The van der Waals surface area contributed by atoms with Crippen LogP contribution in [0, 0.1) is 12.8 Å². The normalized spacial score (nSPS) is 16.5. The van der Waals surface area contributed by atoms with Crippen LogP contribution in [0.3, 0.4) is 0 Å². The minimum atomic E-state index is -3.51. The number of hydrogen-bond acceptors (Lipinski definition) is 7. The molecule has 1 N–H and O–H groups in total. The van der Waals surface area contributed by atoms with E-state index in [9.17, 15) is 13.2 Å². The molecule has 1 aliphatic rings. The first-order valence-electron chi connectivity index (χ1n) is 8.54. The van der Waals surface area contributed by atoms with Crippen LogP contribution in [0.5, 0.6) is 0 Å². The van der Waals surface area contributed by atoms with Gasteiger partial charge in [-0.3, -0.25) is 4.79 Å². The minimum absolute atomic E-state index is 0.0190. The fourth-order valence-corrected chi connectivity index (χ4v) is 4.31. The predicted molar refractivity (Wildman–Crippen MR) is 95.5 cm³/mol. The molecule has 2 heterocycles. The van der Waals surface area contributed by atoms with Gasteiger partial charge >= 0.3 is 0 Å². The van der Waals surface area contributed by atoms with Crippen molar-refractivity contribution in [1.29, 1.82) is 0 Å². The summed E-state index contributed by atoms with van der Waals surface area (Å²) in [5.74, 6) is 0.789. The zero-order valence-electron chi connectivity index (χ0n) is 14.8. The summed E-state index contributed by atoms with van der Waals surface area (Å²) in [6.45, 7) is 4.95. The molecular weight excluding hydrogens is 356 g/mol. The van der Waals surface area contributed by atoms with Crippen LogP contribution in [-0.2, 0) is 10.0 Å². The number of carbonyl (C=O) groups excluding carboxylic acids is 1. The number of nitrogens with zero attached hydrogens (tertiary/aromatic N) is 3. The van der Waals surface area contributed by atoms with Crippen LogP contribution >= 0.6 is 0 Å². The van der Waals surface area contributed by atoms with Crippen molar-refractivity contribution >= 4 is 21.6 Å². The Morgan fingerprint density at radius 1 is 1.23 bits per heavy atom. The Balaban J connectivity index is 1.66. The molecule has 0 saturated carbocycles. The Labute approximate surface area is 152 Å². The minimum Gasteiger partial charge on any atom is -0.358 e. The Hall–Kier alpha value is -2.26. The van der Waals surface area contributed by atoms with Crippen molar-refractivity contribution < 1.29 is 17.8 Å². The molecule has 8 nitrogen and oxygen atoms in total. The maximum absolute atomic E-state index is 12.7. The number of Topliss-reactive ketones (excluding diaryl/α,β-unsaturated/α-hetero) is 1. The van der Waals surface area contributed by atoms with E-state index in [1.165, 1.54) is 28.6 Å². The van der Waals surface area contributed by atoms with Crippen LogP contribution in [-0.4, -0.2) is 48.5 Å². The van der Waals surface area contributed by atoms with Gasteiger partial charge in [0, 0.05) is 18.7 Å². The van der Waals surface area contributed by atoms with E-state index in [1.807, 2.05) is 0 Å².